The summed E-state index contributed by atoms with van der Waals surface area (Å²) in [6, 6.07) is 13.3. The van der Waals surface area contributed by atoms with Crippen molar-refractivity contribution < 1.29 is 8.42 Å². The molecule has 1 aliphatic carbocycles. The van der Waals surface area contributed by atoms with E-state index >= 15 is 0 Å². The van der Waals surface area contributed by atoms with Gasteiger partial charge in [0.15, 0.2) is 0 Å². The molecule has 0 aliphatic heterocycles. The standard InChI is InChI=1S/C20H25NO2S2/c1-3-20(17-9-8-15-6-4-5-7-16(15)14-17)21-25(22,23)19-12-10-18(24-2)11-13-19/h8-14,20-21H,3-7H2,1-2H3/t20-/m1/s1. The van der Waals surface area contributed by atoms with Gasteiger partial charge < -0.3 is 0 Å². The summed E-state index contributed by atoms with van der Waals surface area (Å²) in [5.74, 6) is 0. The molecule has 5 heteroatoms. The number of hydrogen-bond donors (Lipinski definition) is 1. The fourth-order valence-corrected chi connectivity index (χ4v) is 5.08. The van der Waals surface area contributed by atoms with Gasteiger partial charge in [-0.1, -0.05) is 25.1 Å². The minimum absolute atomic E-state index is 0.197. The van der Waals surface area contributed by atoms with Gasteiger partial charge in [0.1, 0.15) is 0 Å². The summed E-state index contributed by atoms with van der Waals surface area (Å²) in [4.78, 5) is 1.38. The molecule has 134 valence electrons. The van der Waals surface area contributed by atoms with Crippen molar-refractivity contribution in [2.24, 2.45) is 0 Å². The number of fused-ring (bicyclic) bond motifs is 1. The van der Waals surface area contributed by atoms with Crippen LogP contribution in [-0.2, 0) is 22.9 Å². The van der Waals surface area contributed by atoms with Crippen molar-refractivity contribution in [1.29, 1.82) is 0 Å². The fraction of sp³-hybridized carbons (Fsp3) is 0.400. The molecule has 0 fully saturated rings. The molecule has 0 radical (unpaired) electrons. The average Bonchev–Trinajstić information content (AvgIpc) is 2.65. The minimum atomic E-state index is -3.53. The molecule has 0 amide bonds. The third-order valence-electron chi connectivity index (χ3n) is 4.85. The van der Waals surface area contributed by atoms with E-state index in [0.717, 1.165) is 29.7 Å². The van der Waals surface area contributed by atoms with Crippen molar-refractivity contribution >= 4 is 21.8 Å². The third-order valence-corrected chi connectivity index (χ3v) is 7.08. The molecule has 0 aromatic heterocycles. The summed E-state index contributed by atoms with van der Waals surface area (Å²) in [6.07, 6.45) is 7.41. The highest BCUT2D eigenvalue weighted by Crippen LogP contribution is 2.27. The van der Waals surface area contributed by atoms with E-state index in [9.17, 15) is 8.42 Å². The molecule has 1 atom stereocenters. The van der Waals surface area contributed by atoms with Gasteiger partial charge in [-0.05, 0) is 79.3 Å². The molecule has 3 nitrogen and oxygen atoms in total. The monoisotopic (exact) mass is 375 g/mol. The highest BCUT2D eigenvalue weighted by Gasteiger charge is 2.21. The molecule has 1 aliphatic rings. The maximum atomic E-state index is 12.7. The summed E-state index contributed by atoms with van der Waals surface area (Å²) in [6.45, 7) is 2.02. The van der Waals surface area contributed by atoms with Gasteiger partial charge in [0.25, 0.3) is 0 Å². The van der Waals surface area contributed by atoms with Crippen LogP contribution in [0.3, 0.4) is 0 Å². The van der Waals surface area contributed by atoms with Crippen LogP contribution in [0.4, 0.5) is 0 Å². The molecular weight excluding hydrogens is 350 g/mol. The Balaban J connectivity index is 1.83. The van der Waals surface area contributed by atoms with Crippen LogP contribution in [0.15, 0.2) is 52.3 Å². The molecule has 1 N–H and O–H groups in total. The zero-order chi connectivity index (χ0) is 17.9. The molecule has 0 saturated heterocycles. The molecule has 2 aromatic rings. The van der Waals surface area contributed by atoms with Crippen LogP contribution in [0.5, 0.6) is 0 Å². The smallest absolute Gasteiger partial charge is 0.207 e. The van der Waals surface area contributed by atoms with Crippen LogP contribution in [0.1, 0.15) is 48.9 Å². The first kappa shape index (κ1) is 18.5. The van der Waals surface area contributed by atoms with E-state index < -0.39 is 10.0 Å². The Morgan fingerprint density at radius 2 is 1.72 bits per heavy atom. The summed E-state index contributed by atoms with van der Waals surface area (Å²) < 4.78 is 28.4. The predicted molar refractivity (Wildman–Crippen MR) is 105 cm³/mol. The lowest BCUT2D eigenvalue weighted by Crippen LogP contribution is -2.28. The van der Waals surface area contributed by atoms with Gasteiger partial charge in [-0.25, -0.2) is 13.1 Å². The van der Waals surface area contributed by atoms with Gasteiger partial charge in [-0.3, -0.25) is 0 Å². The predicted octanol–water partition coefficient (Wildman–Crippen LogP) is 4.72. The van der Waals surface area contributed by atoms with E-state index in [1.165, 1.54) is 24.0 Å². The van der Waals surface area contributed by atoms with Crippen LogP contribution in [-0.4, -0.2) is 14.7 Å². The number of benzene rings is 2. The van der Waals surface area contributed by atoms with Crippen molar-refractivity contribution in [3.8, 4) is 0 Å². The van der Waals surface area contributed by atoms with E-state index in [1.807, 2.05) is 25.3 Å². The largest absolute Gasteiger partial charge is 0.241 e. The zero-order valence-electron chi connectivity index (χ0n) is 14.8. The zero-order valence-corrected chi connectivity index (χ0v) is 16.4. The Morgan fingerprint density at radius 1 is 1.04 bits per heavy atom. The van der Waals surface area contributed by atoms with E-state index in [1.54, 1.807) is 23.9 Å². The van der Waals surface area contributed by atoms with Crippen molar-refractivity contribution in [2.45, 2.75) is 54.9 Å². The van der Waals surface area contributed by atoms with Crippen molar-refractivity contribution in [3.63, 3.8) is 0 Å². The summed E-state index contributed by atoms with van der Waals surface area (Å²) in [5.41, 5.74) is 3.86. The second-order valence-electron chi connectivity index (χ2n) is 6.49. The summed E-state index contributed by atoms with van der Waals surface area (Å²) in [7, 11) is -3.53. The van der Waals surface area contributed by atoms with Crippen LogP contribution >= 0.6 is 11.8 Å². The maximum Gasteiger partial charge on any atom is 0.241 e. The van der Waals surface area contributed by atoms with Crippen molar-refractivity contribution in [2.75, 3.05) is 6.26 Å². The Morgan fingerprint density at radius 3 is 2.36 bits per heavy atom. The lowest BCUT2D eigenvalue weighted by molar-refractivity contribution is 0.549. The van der Waals surface area contributed by atoms with Gasteiger partial charge in [0.2, 0.25) is 10.0 Å². The quantitative estimate of drug-likeness (QED) is 0.743. The van der Waals surface area contributed by atoms with Gasteiger partial charge in [-0.15, -0.1) is 11.8 Å². The Kier molecular flexibility index (Phi) is 5.87. The highest BCUT2D eigenvalue weighted by molar-refractivity contribution is 7.98. The van der Waals surface area contributed by atoms with Crippen LogP contribution in [0.2, 0.25) is 0 Å². The summed E-state index contributed by atoms with van der Waals surface area (Å²) in [5, 5.41) is 0. The van der Waals surface area contributed by atoms with Gasteiger partial charge >= 0.3 is 0 Å². The van der Waals surface area contributed by atoms with Crippen molar-refractivity contribution in [3.05, 3.63) is 59.2 Å². The number of aryl methyl sites for hydroxylation is 2. The molecule has 0 bridgehead atoms. The van der Waals surface area contributed by atoms with Crippen molar-refractivity contribution in [1.82, 2.24) is 4.72 Å². The summed E-state index contributed by atoms with van der Waals surface area (Å²) >= 11 is 1.60. The van der Waals surface area contributed by atoms with E-state index in [0.29, 0.717) is 4.90 Å². The number of rotatable bonds is 6. The van der Waals surface area contributed by atoms with Crippen LogP contribution in [0, 0.1) is 0 Å². The number of sulfonamides is 1. The molecule has 2 aromatic carbocycles. The van der Waals surface area contributed by atoms with E-state index in [-0.39, 0.29) is 6.04 Å². The topological polar surface area (TPSA) is 46.2 Å². The number of thioether (sulfide) groups is 1. The van der Waals surface area contributed by atoms with E-state index in [4.69, 9.17) is 0 Å². The second-order valence-corrected chi connectivity index (χ2v) is 9.09. The molecular formula is C20H25NO2S2. The number of nitrogens with one attached hydrogen (secondary N) is 1. The Labute approximate surface area is 155 Å². The first-order chi connectivity index (χ1) is 12.0. The Bertz CT molecular complexity index is 829. The van der Waals surface area contributed by atoms with Crippen LogP contribution < -0.4 is 4.72 Å². The average molecular weight is 376 g/mol. The first-order valence-electron chi connectivity index (χ1n) is 8.81. The molecule has 3 rings (SSSR count). The van der Waals surface area contributed by atoms with Crippen LogP contribution in [0.25, 0.3) is 0 Å². The minimum Gasteiger partial charge on any atom is -0.207 e. The fourth-order valence-electron chi connectivity index (χ4n) is 3.37. The van der Waals surface area contributed by atoms with Gasteiger partial charge in [0, 0.05) is 10.9 Å². The Hall–Kier alpha value is -1.30. The lowest BCUT2D eigenvalue weighted by atomic mass is 9.89. The van der Waals surface area contributed by atoms with Gasteiger partial charge in [0.05, 0.1) is 4.90 Å². The van der Waals surface area contributed by atoms with E-state index in [2.05, 4.69) is 22.9 Å². The highest BCUT2D eigenvalue weighted by atomic mass is 32.2. The molecule has 25 heavy (non-hydrogen) atoms. The molecule has 0 saturated carbocycles. The molecule has 0 spiro atoms. The maximum absolute atomic E-state index is 12.7. The molecule has 0 heterocycles. The number of hydrogen-bond acceptors (Lipinski definition) is 3. The SMILES string of the molecule is CC[C@@H](NS(=O)(=O)c1ccc(SC)cc1)c1ccc2c(c1)CCCC2. The van der Waals surface area contributed by atoms with Gasteiger partial charge in [-0.2, -0.15) is 0 Å². The second kappa shape index (κ2) is 7.94. The molecule has 0 unspecified atom stereocenters. The lowest BCUT2D eigenvalue weighted by Gasteiger charge is -2.21. The normalized spacial score (nSPS) is 15.6. The third kappa shape index (κ3) is 4.27. The first-order valence-corrected chi connectivity index (χ1v) is 11.5.